The molecule has 0 aliphatic heterocycles. The molecule has 8 nitrogen and oxygen atoms in total. The van der Waals surface area contributed by atoms with E-state index in [1.165, 1.54) is 0 Å². The first-order valence-corrected chi connectivity index (χ1v) is 11.3. The van der Waals surface area contributed by atoms with Gasteiger partial charge in [-0.3, -0.25) is 4.79 Å². The third-order valence-corrected chi connectivity index (χ3v) is 4.87. The normalized spacial score (nSPS) is 12.4. The van der Waals surface area contributed by atoms with Crippen molar-refractivity contribution >= 4 is 22.9 Å². The molecule has 32 heavy (non-hydrogen) atoms. The van der Waals surface area contributed by atoms with E-state index in [0.29, 0.717) is 19.6 Å². The Bertz CT molecular complexity index is 872. The molecule has 0 unspecified atom stereocenters. The monoisotopic (exact) mass is 447 g/mol. The fraction of sp³-hybridized carbons (Fsp3) is 0.583. The second-order valence-corrected chi connectivity index (χ2v) is 8.79. The van der Waals surface area contributed by atoms with E-state index in [2.05, 4.69) is 15.6 Å². The molecule has 0 aliphatic carbocycles. The molecule has 0 saturated heterocycles. The number of fused-ring (bicyclic) bond motifs is 1. The van der Waals surface area contributed by atoms with Crippen molar-refractivity contribution in [3.8, 4) is 5.75 Å². The Labute approximate surface area is 190 Å². The van der Waals surface area contributed by atoms with E-state index in [9.17, 15) is 9.59 Å². The molecule has 0 bridgehead atoms. The van der Waals surface area contributed by atoms with Crippen molar-refractivity contribution < 1.29 is 24.2 Å². The number of H-pyrrole nitrogens is 1. The second-order valence-electron chi connectivity index (χ2n) is 8.79. The minimum atomic E-state index is -0.781. The number of aromatic nitrogens is 1. The summed E-state index contributed by atoms with van der Waals surface area (Å²) in [4.78, 5) is 28.5. The molecule has 0 saturated carbocycles. The second kappa shape index (κ2) is 12.3. The lowest BCUT2D eigenvalue weighted by atomic mass is 10.0. The molecular formula is C24H37N3O5. The molecule has 4 N–H and O–H groups in total. The molecule has 0 radical (unpaired) electrons. The van der Waals surface area contributed by atoms with Gasteiger partial charge in [0.25, 0.3) is 0 Å². The van der Waals surface area contributed by atoms with Gasteiger partial charge >= 0.3 is 6.09 Å². The van der Waals surface area contributed by atoms with Gasteiger partial charge in [-0.2, -0.15) is 0 Å². The number of alkyl carbamates (subject to hydrolysis) is 1. The molecule has 1 atom stereocenters. The van der Waals surface area contributed by atoms with Gasteiger partial charge in [-0.1, -0.05) is 12.8 Å². The van der Waals surface area contributed by atoms with Gasteiger partial charge in [0, 0.05) is 36.7 Å². The zero-order valence-electron chi connectivity index (χ0n) is 19.6. The van der Waals surface area contributed by atoms with Gasteiger partial charge in [0.15, 0.2) is 0 Å². The summed E-state index contributed by atoms with van der Waals surface area (Å²) in [6, 6.07) is 4.99. The molecule has 0 fully saturated rings. The lowest BCUT2D eigenvalue weighted by Gasteiger charge is -2.23. The smallest absolute Gasteiger partial charge is 0.408 e. The van der Waals surface area contributed by atoms with Crippen molar-refractivity contribution in [2.75, 3.05) is 19.8 Å². The maximum atomic E-state index is 12.9. The summed E-state index contributed by atoms with van der Waals surface area (Å²) in [5, 5.41) is 15.4. The van der Waals surface area contributed by atoms with Gasteiger partial charge in [0.1, 0.15) is 17.4 Å². The average Bonchev–Trinajstić information content (AvgIpc) is 3.11. The highest BCUT2D eigenvalue weighted by atomic mass is 16.6. The summed E-state index contributed by atoms with van der Waals surface area (Å²) < 4.78 is 11.0. The number of nitrogens with one attached hydrogen (secondary N) is 3. The number of rotatable bonds is 12. The van der Waals surface area contributed by atoms with Crippen LogP contribution in [0.4, 0.5) is 4.79 Å². The van der Waals surface area contributed by atoms with Gasteiger partial charge < -0.3 is 30.2 Å². The number of benzene rings is 1. The van der Waals surface area contributed by atoms with Crippen molar-refractivity contribution in [3.05, 3.63) is 30.0 Å². The summed E-state index contributed by atoms with van der Waals surface area (Å²) in [6.45, 7) is 8.53. The number of aromatic amines is 1. The van der Waals surface area contributed by atoms with Gasteiger partial charge in [-0.25, -0.2) is 4.79 Å². The van der Waals surface area contributed by atoms with Crippen LogP contribution in [0, 0.1) is 0 Å². The van der Waals surface area contributed by atoms with Crippen molar-refractivity contribution in [2.45, 2.75) is 71.4 Å². The minimum absolute atomic E-state index is 0.184. The van der Waals surface area contributed by atoms with Gasteiger partial charge in [0.2, 0.25) is 5.91 Å². The molecule has 0 aliphatic rings. The Balaban J connectivity index is 2.11. The maximum absolute atomic E-state index is 12.9. The first-order valence-electron chi connectivity index (χ1n) is 11.3. The number of carbonyl (C=O) groups is 2. The minimum Gasteiger partial charge on any atom is -0.494 e. The van der Waals surface area contributed by atoms with Crippen LogP contribution in [0.1, 0.15) is 58.9 Å². The summed E-state index contributed by atoms with van der Waals surface area (Å²) in [6.07, 6.45) is 4.96. The van der Waals surface area contributed by atoms with Crippen LogP contribution in [0.2, 0.25) is 0 Å². The fourth-order valence-electron chi connectivity index (χ4n) is 3.39. The molecule has 0 spiro atoms. The van der Waals surface area contributed by atoms with Crippen LogP contribution in [0.15, 0.2) is 24.4 Å². The highest BCUT2D eigenvalue weighted by Gasteiger charge is 2.25. The predicted molar refractivity (Wildman–Crippen MR) is 125 cm³/mol. The van der Waals surface area contributed by atoms with Gasteiger partial charge in [-0.15, -0.1) is 0 Å². The van der Waals surface area contributed by atoms with Crippen LogP contribution in [0.25, 0.3) is 10.9 Å². The number of amides is 2. The van der Waals surface area contributed by atoms with Gasteiger partial charge in [-0.05, 0) is 64.3 Å². The Kier molecular flexibility index (Phi) is 9.84. The van der Waals surface area contributed by atoms with E-state index in [-0.39, 0.29) is 12.5 Å². The number of ether oxygens (including phenoxy) is 2. The van der Waals surface area contributed by atoms with Crippen LogP contribution in [-0.2, 0) is 16.0 Å². The van der Waals surface area contributed by atoms with Crippen LogP contribution >= 0.6 is 0 Å². The van der Waals surface area contributed by atoms with Gasteiger partial charge in [0.05, 0.1) is 6.61 Å². The maximum Gasteiger partial charge on any atom is 0.408 e. The Morgan fingerprint density at radius 1 is 1.16 bits per heavy atom. The topological polar surface area (TPSA) is 113 Å². The fourth-order valence-corrected chi connectivity index (χ4v) is 3.39. The summed E-state index contributed by atoms with van der Waals surface area (Å²) in [5.74, 6) is 0.498. The SMILES string of the molecule is CCOc1ccc2[nH]cc(C[C@H](NC(=O)OC(C)(C)C)C(=O)NCCCCCCO)c2c1. The standard InChI is InChI=1S/C24H37N3O5/c1-5-31-18-10-11-20-19(15-18)17(16-26-20)14-21(27-23(30)32-24(2,3)4)22(29)25-12-8-6-7-9-13-28/h10-11,15-16,21,26,28H,5-9,12-14H2,1-4H3,(H,25,29)(H,27,30)/t21-/m0/s1. The highest BCUT2D eigenvalue weighted by Crippen LogP contribution is 2.25. The number of unbranched alkanes of at least 4 members (excludes halogenated alkanes) is 3. The van der Waals surface area contributed by atoms with Crippen molar-refractivity contribution in [3.63, 3.8) is 0 Å². The van der Waals surface area contributed by atoms with E-state index >= 15 is 0 Å². The Morgan fingerprint density at radius 2 is 1.91 bits per heavy atom. The predicted octanol–water partition coefficient (Wildman–Crippen LogP) is 3.67. The third-order valence-electron chi connectivity index (χ3n) is 4.87. The van der Waals surface area contributed by atoms with Crippen molar-refractivity contribution in [1.82, 2.24) is 15.6 Å². The summed E-state index contributed by atoms with van der Waals surface area (Å²) in [5.41, 5.74) is 1.18. The number of carbonyl (C=O) groups excluding carboxylic acids is 2. The Hall–Kier alpha value is -2.74. The molecular weight excluding hydrogens is 410 g/mol. The van der Waals surface area contributed by atoms with Crippen molar-refractivity contribution in [2.24, 2.45) is 0 Å². The third kappa shape index (κ3) is 8.42. The quantitative estimate of drug-likeness (QED) is 0.371. The van der Waals surface area contributed by atoms with E-state index in [0.717, 1.165) is 47.9 Å². The Morgan fingerprint density at radius 3 is 2.59 bits per heavy atom. The molecule has 2 amide bonds. The lowest BCUT2D eigenvalue weighted by molar-refractivity contribution is -0.123. The number of aliphatic hydroxyl groups is 1. The van der Waals surface area contributed by atoms with E-state index in [1.807, 2.05) is 31.3 Å². The molecule has 178 valence electrons. The lowest BCUT2D eigenvalue weighted by Crippen LogP contribution is -2.49. The summed E-state index contributed by atoms with van der Waals surface area (Å²) in [7, 11) is 0. The van der Waals surface area contributed by atoms with Crippen LogP contribution in [0.3, 0.4) is 0 Å². The molecule has 2 rings (SSSR count). The summed E-state index contributed by atoms with van der Waals surface area (Å²) >= 11 is 0. The first kappa shape index (κ1) is 25.5. The number of hydrogen-bond acceptors (Lipinski definition) is 5. The number of aliphatic hydroxyl groups excluding tert-OH is 1. The zero-order valence-corrected chi connectivity index (χ0v) is 19.6. The first-order chi connectivity index (χ1) is 15.2. The van der Waals surface area contributed by atoms with E-state index in [4.69, 9.17) is 14.6 Å². The molecule has 1 aromatic carbocycles. The van der Waals surface area contributed by atoms with E-state index in [1.54, 1.807) is 20.8 Å². The molecule has 2 aromatic rings. The highest BCUT2D eigenvalue weighted by molar-refractivity contribution is 5.89. The van der Waals surface area contributed by atoms with Crippen LogP contribution in [-0.4, -0.2) is 53.5 Å². The number of hydrogen-bond donors (Lipinski definition) is 4. The largest absolute Gasteiger partial charge is 0.494 e. The molecule has 1 aromatic heterocycles. The van der Waals surface area contributed by atoms with Crippen LogP contribution in [0.5, 0.6) is 5.75 Å². The zero-order chi connectivity index (χ0) is 23.6. The molecule has 8 heteroatoms. The molecule has 1 heterocycles. The van der Waals surface area contributed by atoms with Crippen LogP contribution < -0.4 is 15.4 Å². The van der Waals surface area contributed by atoms with Crippen molar-refractivity contribution in [1.29, 1.82) is 0 Å². The average molecular weight is 448 g/mol. The van der Waals surface area contributed by atoms with E-state index < -0.39 is 17.7 Å².